The summed E-state index contributed by atoms with van der Waals surface area (Å²) in [5, 5.41) is 40.0. The molecule has 396 valence electrons. The van der Waals surface area contributed by atoms with Gasteiger partial charge in [-0.05, 0) is 56.9 Å². The smallest absolute Gasteiger partial charge is 0.326 e. The molecule has 26 heteroatoms. The fraction of sp³-hybridized carbons (Fsp3) is 0.622. The summed E-state index contributed by atoms with van der Waals surface area (Å²) in [7, 11) is 0. The monoisotopic (exact) mass is 1020 g/mol. The predicted molar refractivity (Wildman–Crippen MR) is 264 cm³/mol. The Kier molecular flexibility index (Phi) is 25.8. The first-order valence-corrected chi connectivity index (χ1v) is 24.1. The summed E-state index contributed by atoms with van der Waals surface area (Å²) >= 11 is 4.17. The Bertz CT molecular complexity index is 2040. The van der Waals surface area contributed by atoms with Crippen LogP contribution in [0.25, 0.3) is 0 Å². The zero-order valence-electron chi connectivity index (χ0n) is 41.1. The first kappa shape index (κ1) is 60.6. The summed E-state index contributed by atoms with van der Waals surface area (Å²) < 4.78 is 0. The van der Waals surface area contributed by atoms with Crippen LogP contribution >= 0.6 is 12.6 Å². The number of aliphatic hydroxyl groups excluding tert-OH is 1. The Hall–Kier alpha value is -6.54. The molecule has 16 N–H and O–H groups in total. The molecule has 0 aliphatic carbocycles. The molecule has 1 fully saturated rings. The molecule has 71 heavy (non-hydrogen) atoms. The van der Waals surface area contributed by atoms with Crippen molar-refractivity contribution in [2.45, 2.75) is 135 Å². The van der Waals surface area contributed by atoms with E-state index in [1.807, 2.05) is 0 Å². The molecule has 1 aliphatic rings. The minimum Gasteiger partial charge on any atom is -0.480 e. The zero-order chi connectivity index (χ0) is 53.5. The lowest BCUT2D eigenvalue weighted by Crippen LogP contribution is -2.62. The number of carbonyl (C=O) groups is 10. The van der Waals surface area contributed by atoms with Gasteiger partial charge in [-0.2, -0.15) is 12.6 Å². The lowest BCUT2D eigenvalue weighted by Gasteiger charge is -2.29. The van der Waals surface area contributed by atoms with E-state index in [1.54, 1.807) is 58.0 Å². The fourth-order valence-electron chi connectivity index (χ4n) is 7.21. The second kappa shape index (κ2) is 30.3. The van der Waals surface area contributed by atoms with E-state index in [1.165, 1.54) is 18.7 Å². The summed E-state index contributed by atoms with van der Waals surface area (Å²) in [6.45, 7) is 8.65. The fourth-order valence-corrected chi connectivity index (χ4v) is 7.46. The molecule has 0 aromatic heterocycles. The Morgan fingerprint density at radius 3 is 1.94 bits per heavy atom. The number of rotatable bonds is 29. The van der Waals surface area contributed by atoms with Crippen LogP contribution in [-0.4, -0.2) is 167 Å². The molecule has 25 nitrogen and oxygen atoms in total. The highest BCUT2D eigenvalue weighted by atomic mass is 32.1. The third-order valence-corrected chi connectivity index (χ3v) is 12.0. The van der Waals surface area contributed by atoms with Crippen LogP contribution in [0.5, 0.6) is 0 Å². The van der Waals surface area contributed by atoms with E-state index in [0.717, 1.165) is 0 Å². The highest BCUT2D eigenvalue weighted by molar-refractivity contribution is 7.80. The van der Waals surface area contributed by atoms with Crippen molar-refractivity contribution in [3.63, 3.8) is 0 Å². The Morgan fingerprint density at radius 1 is 0.761 bits per heavy atom. The molecule has 0 bridgehead atoms. The summed E-state index contributed by atoms with van der Waals surface area (Å²) in [6, 6.07) is -1.41. The van der Waals surface area contributed by atoms with Gasteiger partial charge in [-0.1, -0.05) is 64.4 Å². The molecular formula is C45H73N13O12S. The number of carbonyl (C=O) groups excluding carboxylic acids is 9. The van der Waals surface area contributed by atoms with E-state index in [9.17, 15) is 58.2 Å². The number of aliphatic carboxylic acids is 1. The number of amides is 9. The van der Waals surface area contributed by atoms with E-state index in [-0.39, 0.29) is 37.6 Å². The van der Waals surface area contributed by atoms with E-state index >= 15 is 0 Å². The number of aliphatic imine (C=N–C) groups is 1. The average Bonchev–Trinajstić information content (AvgIpc) is 3.82. The third-order valence-electron chi connectivity index (χ3n) is 11.6. The van der Waals surface area contributed by atoms with Gasteiger partial charge in [0.15, 0.2) is 5.96 Å². The van der Waals surface area contributed by atoms with Crippen molar-refractivity contribution < 1.29 is 58.2 Å². The molecule has 1 aliphatic heterocycles. The number of aliphatic hydroxyl groups is 1. The van der Waals surface area contributed by atoms with E-state index < -0.39 is 138 Å². The van der Waals surface area contributed by atoms with Gasteiger partial charge < -0.3 is 74.8 Å². The number of nitrogens with two attached hydrogens (primary N) is 3. The number of hydrogen-bond acceptors (Lipinski definition) is 14. The maximum atomic E-state index is 14.0. The zero-order valence-corrected chi connectivity index (χ0v) is 42.0. The SMILES string of the molecule is CC[C@H](C)[C@H](NC(=O)[C@@H](NC(=O)[C@@H](NC(=O)[C@H](Cc1ccccc1)NC(=O)[C@H](C)NC(=O)[C@H](CS)NC(=O)CNC(=O)[C@@H]1CCCN1C(=O)CNC(=O)[C@@H](N)CCCN=C(N)N)C(C)C)[C@@H](C)O)C(=O)O. The van der Waals surface area contributed by atoms with Gasteiger partial charge in [-0.25, -0.2) is 4.79 Å². The number of nitrogens with one attached hydrogen (secondary N) is 8. The number of likely N-dealkylation sites (tertiary alicyclic amines) is 1. The van der Waals surface area contributed by atoms with Crippen molar-refractivity contribution >= 4 is 77.7 Å². The van der Waals surface area contributed by atoms with Crippen LogP contribution in [0.4, 0.5) is 0 Å². The Morgan fingerprint density at radius 2 is 1.37 bits per heavy atom. The van der Waals surface area contributed by atoms with Crippen molar-refractivity contribution in [3.8, 4) is 0 Å². The molecule has 1 aromatic carbocycles. The lowest BCUT2D eigenvalue weighted by atomic mass is 9.98. The van der Waals surface area contributed by atoms with E-state index in [0.29, 0.717) is 31.2 Å². The molecule has 1 heterocycles. The number of nitrogens with zero attached hydrogens (tertiary/aromatic N) is 2. The lowest BCUT2D eigenvalue weighted by molar-refractivity contribution is -0.144. The number of benzene rings is 1. The Labute approximate surface area is 418 Å². The molecule has 9 amide bonds. The van der Waals surface area contributed by atoms with Gasteiger partial charge in [0.1, 0.15) is 42.3 Å². The standard InChI is InChI=1S/C45H73N13O12S/c1-7-24(4)35(44(69)70)56-43(68)36(26(6)59)57-42(67)34(23(2)3)55-39(64)29(19-27-13-9-8-10-14-27)54-37(62)25(5)52-40(65)30(22-71)53-32(60)20-50-41(66)31-16-12-18-58(31)33(61)21-51-38(63)28(46)15-11-17-49-45(47)48/h8-10,13-14,23-26,28-31,34-36,59,71H,7,11-12,15-22,46H2,1-6H3,(H,50,66)(H,51,63)(H,52,65)(H,53,60)(H,54,62)(H,55,64)(H,56,68)(H,57,67)(H,69,70)(H4,47,48,49)/t24-,25-,26+,28-,29-,30-,31-,34-,35-,36-/m0/s1. The Balaban J connectivity index is 2.06. The van der Waals surface area contributed by atoms with Crippen molar-refractivity contribution in [2.75, 3.05) is 31.9 Å². The van der Waals surface area contributed by atoms with Gasteiger partial charge in [0.05, 0.1) is 25.2 Å². The summed E-state index contributed by atoms with van der Waals surface area (Å²) in [4.78, 5) is 136. The normalized spacial score (nSPS) is 17.0. The quantitative estimate of drug-likeness (QED) is 0.0157. The van der Waals surface area contributed by atoms with Crippen LogP contribution in [0.1, 0.15) is 79.2 Å². The van der Waals surface area contributed by atoms with Crippen LogP contribution < -0.4 is 59.7 Å². The maximum Gasteiger partial charge on any atom is 0.326 e. The topological polar surface area (TPSA) is 401 Å². The second-order valence-corrected chi connectivity index (χ2v) is 18.1. The van der Waals surface area contributed by atoms with Gasteiger partial charge in [0.2, 0.25) is 53.2 Å². The molecule has 0 saturated carbocycles. The highest BCUT2D eigenvalue weighted by Gasteiger charge is 2.37. The van der Waals surface area contributed by atoms with Gasteiger partial charge in [0, 0.05) is 25.3 Å². The van der Waals surface area contributed by atoms with Crippen molar-refractivity contribution in [2.24, 2.45) is 34.0 Å². The summed E-state index contributed by atoms with van der Waals surface area (Å²) in [5.41, 5.74) is 17.1. The maximum absolute atomic E-state index is 14.0. The third kappa shape index (κ3) is 20.4. The number of guanidine groups is 1. The molecule has 0 radical (unpaired) electrons. The minimum atomic E-state index is -1.60. The van der Waals surface area contributed by atoms with Crippen LogP contribution in [0, 0.1) is 11.8 Å². The molecule has 1 aromatic rings. The molecule has 2 rings (SSSR count). The molecule has 10 atom stereocenters. The van der Waals surface area contributed by atoms with Crippen LogP contribution in [0.15, 0.2) is 35.3 Å². The minimum absolute atomic E-state index is 0.0703. The van der Waals surface area contributed by atoms with E-state index in [2.05, 4.69) is 60.2 Å². The molecule has 0 spiro atoms. The number of hydrogen-bond donors (Lipinski definition) is 14. The summed E-state index contributed by atoms with van der Waals surface area (Å²) in [5.74, 6) is -9.54. The second-order valence-electron chi connectivity index (χ2n) is 17.7. The number of carboxylic acids is 1. The predicted octanol–water partition coefficient (Wildman–Crippen LogP) is -4.14. The van der Waals surface area contributed by atoms with Gasteiger partial charge in [0.25, 0.3) is 0 Å². The first-order valence-electron chi connectivity index (χ1n) is 23.4. The average molecular weight is 1020 g/mol. The first-order chi connectivity index (χ1) is 33.4. The summed E-state index contributed by atoms with van der Waals surface area (Å²) in [6.07, 6.45) is 0.345. The molecule has 1 saturated heterocycles. The molecular weight excluding hydrogens is 947 g/mol. The highest BCUT2D eigenvalue weighted by Crippen LogP contribution is 2.18. The van der Waals surface area contributed by atoms with Gasteiger partial charge >= 0.3 is 5.97 Å². The van der Waals surface area contributed by atoms with Crippen molar-refractivity contribution in [1.82, 2.24) is 47.4 Å². The van der Waals surface area contributed by atoms with Crippen LogP contribution in [-0.2, 0) is 54.4 Å². The number of carboxylic acid groups (broad SMARTS) is 1. The number of thiol groups is 1. The van der Waals surface area contributed by atoms with Crippen molar-refractivity contribution in [3.05, 3.63) is 35.9 Å². The van der Waals surface area contributed by atoms with Crippen LogP contribution in [0.2, 0.25) is 0 Å². The van der Waals surface area contributed by atoms with Crippen LogP contribution in [0.3, 0.4) is 0 Å². The van der Waals surface area contributed by atoms with E-state index in [4.69, 9.17) is 17.2 Å². The molecule has 0 unspecified atom stereocenters. The van der Waals surface area contributed by atoms with Gasteiger partial charge in [-0.3, -0.25) is 48.1 Å². The van der Waals surface area contributed by atoms with Crippen molar-refractivity contribution in [1.29, 1.82) is 0 Å². The van der Waals surface area contributed by atoms with Gasteiger partial charge in [-0.15, -0.1) is 0 Å². The largest absolute Gasteiger partial charge is 0.480 e.